The second kappa shape index (κ2) is 6.49. The van der Waals surface area contributed by atoms with Crippen LogP contribution < -0.4 is 5.46 Å². The van der Waals surface area contributed by atoms with Crippen LogP contribution in [0.3, 0.4) is 0 Å². The van der Waals surface area contributed by atoms with Crippen molar-refractivity contribution in [2.24, 2.45) is 0 Å². The van der Waals surface area contributed by atoms with Crippen LogP contribution in [0.2, 0.25) is 5.02 Å². The molecule has 18 heavy (non-hydrogen) atoms. The third-order valence-corrected chi connectivity index (χ3v) is 3.25. The molecule has 0 aromatic carbocycles. The van der Waals surface area contributed by atoms with Crippen LogP contribution in [0.15, 0.2) is 12.3 Å². The number of hydrogen-bond acceptors (Lipinski definition) is 5. The van der Waals surface area contributed by atoms with E-state index in [1.54, 1.807) is 0 Å². The lowest BCUT2D eigenvalue weighted by Gasteiger charge is -2.22. The van der Waals surface area contributed by atoms with Gasteiger partial charge in [-0.05, 0) is 25.3 Å². The van der Waals surface area contributed by atoms with E-state index in [4.69, 9.17) is 31.1 Å². The zero-order valence-corrected chi connectivity index (χ0v) is 10.6. The molecule has 0 saturated carbocycles. The van der Waals surface area contributed by atoms with Crippen LogP contribution in [0.25, 0.3) is 0 Å². The Morgan fingerprint density at radius 3 is 3.00 bits per heavy atom. The first-order chi connectivity index (χ1) is 8.68. The summed E-state index contributed by atoms with van der Waals surface area (Å²) >= 11 is 6.02. The first kappa shape index (κ1) is 13.8. The van der Waals surface area contributed by atoms with E-state index in [9.17, 15) is 0 Å². The Morgan fingerprint density at radius 2 is 2.33 bits per heavy atom. The summed E-state index contributed by atoms with van der Waals surface area (Å²) in [5.74, 6) is 0. The maximum Gasteiger partial charge on any atom is 0.490 e. The summed E-state index contributed by atoms with van der Waals surface area (Å²) < 4.78 is 11.0. The SMILES string of the molecule is OB(O)c1ccnc(COC2CCCCO2)c1Cl. The van der Waals surface area contributed by atoms with Gasteiger partial charge in [0.25, 0.3) is 0 Å². The van der Waals surface area contributed by atoms with Crippen molar-refractivity contribution in [3.63, 3.8) is 0 Å². The molecule has 7 heteroatoms. The average molecular weight is 272 g/mol. The number of aromatic nitrogens is 1. The van der Waals surface area contributed by atoms with Crippen LogP contribution in [-0.2, 0) is 16.1 Å². The quantitative estimate of drug-likeness (QED) is 0.779. The summed E-state index contributed by atoms with van der Waals surface area (Å²) in [6, 6.07) is 1.47. The maximum absolute atomic E-state index is 9.12. The van der Waals surface area contributed by atoms with Crippen molar-refractivity contribution in [2.45, 2.75) is 32.2 Å². The molecule has 0 spiro atoms. The van der Waals surface area contributed by atoms with Crippen molar-refractivity contribution in [1.29, 1.82) is 0 Å². The largest absolute Gasteiger partial charge is 0.490 e. The molecule has 2 heterocycles. The lowest BCUT2D eigenvalue weighted by Crippen LogP contribution is -2.32. The Bertz CT molecular complexity index is 399. The fourth-order valence-corrected chi connectivity index (χ4v) is 2.08. The fraction of sp³-hybridized carbons (Fsp3) is 0.545. The fourth-order valence-electron chi connectivity index (χ4n) is 1.82. The molecule has 1 fully saturated rings. The molecule has 0 amide bonds. The van der Waals surface area contributed by atoms with Gasteiger partial charge < -0.3 is 19.5 Å². The predicted octanol–water partition coefficient (Wildman–Crippen LogP) is 0.458. The van der Waals surface area contributed by atoms with Gasteiger partial charge >= 0.3 is 7.12 Å². The van der Waals surface area contributed by atoms with Gasteiger partial charge in [0.2, 0.25) is 0 Å². The maximum atomic E-state index is 9.12. The summed E-state index contributed by atoms with van der Waals surface area (Å²) in [7, 11) is -1.61. The van der Waals surface area contributed by atoms with Gasteiger partial charge in [0.15, 0.2) is 6.29 Å². The highest BCUT2D eigenvalue weighted by atomic mass is 35.5. The normalized spacial score (nSPS) is 19.8. The minimum atomic E-state index is -1.61. The molecule has 2 rings (SSSR count). The van der Waals surface area contributed by atoms with Gasteiger partial charge in [-0.15, -0.1) is 0 Å². The zero-order valence-electron chi connectivity index (χ0n) is 9.88. The highest BCUT2D eigenvalue weighted by Crippen LogP contribution is 2.17. The molecule has 0 aliphatic carbocycles. The van der Waals surface area contributed by atoms with Crippen molar-refractivity contribution in [2.75, 3.05) is 6.61 Å². The standard InChI is InChI=1S/C11H15BClNO4/c13-11-8(12(15)16)4-5-14-9(11)7-18-10-3-1-2-6-17-10/h4-5,10,15-16H,1-3,6-7H2. The van der Waals surface area contributed by atoms with Gasteiger partial charge in [0.05, 0.1) is 17.3 Å². The Morgan fingerprint density at radius 1 is 1.50 bits per heavy atom. The summed E-state index contributed by atoms with van der Waals surface area (Å²) in [6.45, 7) is 0.908. The van der Waals surface area contributed by atoms with Gasteiger partial charge in [-0.2, -0.15) is 0 Å². The molecular formula is C11H15BClNO4. The zero-order chi connectivity index (χ0) is 13.0. The third-order valence-electron chi connectivity index (χ3n) is 2.81. The number of pyridine rings is 1. The van der Waals surface area contributed by atoms with Crippen molar-refractivity contribution < 1.29 is 19.5 Å². The van der Waals surface area contributed by atoms with Crippen molar-refractivity contribution in [3.8, 4) is 0 Å². The molecule has 2 N–H and O–H groups in total. The summed E-state index contributed by atoms with van der Waals surface area (Å²) in [6.07, 6.45) is 4.26. The number of ether oxygens (including phenoxy) is 2. The van der Waals surface area contributed by atoms with Crippen LogP contribution in [0.4, 0.5) is 0 Å². The van der Waals surface area contributed by atoms with E-state index in [2.05, 4.69) is 4.98 Å². The van der Waals surface area contributed by atoms with E-state index in [0.29, 0.717) is 12.3 Å². The van der Waals surface area contributed by atoms with Gasteiger partial charge in [0, 0.05) is 18.3 Å². The number of hydrogen-bond donors (Lipinski definition) is 2. The topological polar surface area (TPSA) is 71.8 Å². The Balaban J connectivity index is 1.98. The molecule has 1 aliphatic heterocycles. The smallest absolute Gasteiger partial charge is 0.423 e. The van der Waals surface area contributed by atoms with Crippen LogP contribution in [0, 0.1) is 0 Å². The van der Waals surface area contributed by atoms with E-state index in [0.717, 1.165) is 19.3 Å². The van der Waals surface area contributed by atoms with Gasteiger partial charge in [0.1, 0.15) is 0 Å². The van der Waals surface area contributed by atoms with Gasteiger partial charge in [-0.3, -0.25) is 4.98 Å². The Kier molecular flexibility index (Phi) is 4.97. The molecule has 1 aliphatic rings. The van der Waals surface area contributed by atoms with E-state index in [-0.39, 0.29) is 23.4 Å². The predicted molar refractivity (Wildman–Crippen MR) is 67.5 cm³/mol. The summed E-state index contributed by atoms with van der Waals surface area (Å²) in [4.78, 5) is 4.07. The number of nitrogens with zero attached hydrogens (tertiary/aromatic N) is 1. The highest BCUT2D eigenvalue weighted by molar-refractivity contribution is 6.62. The van der Waals surface area contributed by atoms with Crippen LogP contribution >= 0.6 is 11.6 Å². The number of rotatable bonds is 4. The molecule has 5 nitrogen and oxygen atoms in total. The van der Waals surface area contributed by atoms with Crippen molar-refractivity contribution in [1.82, 2.24) is 4.98 Å². The second-order valence-electron chi connectivity index (χ2n) is 4.14. The molecule has 0 bridgehead atoms. The average Bonchev–Trinajstić information content (AvgIpc) is 2.38. The summed E-state index contributed by atoms with van der Waals surface area (Å²) in [5, 5.41) is 18.5. The van der Waals surface area contributed by atoms with Crippen LogP contribution in [0.5, 0.6) is 0 Å². The molecule has 1 saturated heterocycles. The lowest BCUT2D eigenvalue weighted by molar-refractivity contribution is -0.169. The first-order valence-corrected chi connectivity index (χ1v) is 6.29. The van der Waals surface area contributed by atoms with Gasteiger partial charge in [-0.1, -0.05) is 11.6 Å². The summed E-state index contributed by atoms with van der Waals surface area (Å²) in [5.41, 5.74) is 0.714. The first-order valence-electron chi connectivity index (χ1n) is 5.91. The minimum absolute atomic E-state index is 0.198. The Labute approximate surface area is 111 Å². The molecular weight excluding hydrogens is 256 g/mol. The Hall–Kier alpha value is -0.655. The van der Waals surface area contributed by atoms with Crippen molar-refractivity contribution >= 4 is 24.2 Å². The molecule has 1 aromatic rings. The van der Waals surface area contributed by atoms with Gasteiger partial charge in [-0.25, -0.2) is 0 Å². The monoisotopic (exact) mass is 271 g/mol. The molecule has 0 radical (unpaired) electrons. The van der Waals surface area contributed by atoms with E-state index in [1.165, 1.54) is 12.3 Å². The second-order valence-corrected chi connectivity index (χ2v) is 4.52. The lowest BCUT2D eigenvalue weighted by atomic mass is 9.80. The van der Waals surface area contributed by atoms with E-state index in [1.807, 2.05) is 0 Å². The van der Waals surface area contributed by atoms with E-state index >= 15 is 0 Å². The molecule has 1 unspecified atom stereocenters. The minimum Gasteiger partial charge on any atom is -0.423 e. The van der Waals surface area contributed by atoms with Crippen LogP contribution in [0.1, 0.15) is 25.0 Å². The highest BCUT2D eigenvalue weighted by Gasteiger charge is 2.20. The molecule has 1 atom stereocenters. The molecule has 98 valence electrons. The van der Waals surface area contributed by atoms with E-state index < -0.39 is 7.12 Å². The number of halogens is 1. The third kappa shape index (κ3) is 3.43. The van der Waals surface area contributed by atoms with Crippen molar-refractivity contribution in [3.05, 3.63) is 23.0 Å². The molecule has 1 aromatic heterocycles. The van der Waals surface area contributed by atoms with Crippen LogP contribution in [-0.4, -0.2) is 35.0 Å².